The number of amides is 1. The summed E-state index contributed by atoms with van der Waals surface area (Å²) in [5, 5.41) is 1.25. The molecule has 0 bridgehead atoms. The van der Waals surface area contributed by atoms with Gasteiger partial charge in [0.25, 0.3) is 5.91 Å². The first-order valence-corrected chi connectivity index (χ1v) is 13.8. The number of aromatic amines is 1. The highest BCUT2D eigenvalue weighted by Crippen LogP contribution is 2.54. The lowest BCUT2D eigenvalue weighted by Gasteiger charge is -2.55. The van der Waals surface area contributed by atoms with Crippen LogP contribution in [0.1, 0.15) is 52.9 Å². The third-order valence-electron chi connectivity index (χ3n) is 8.85. The number of hydrogen-bond acceptors (Lipinski definition) is 2. The summed E-state index contributed by atoms with van der Waals surface area (Å²) in [6.45, 7) is 0.671. The van der Waals surface area contributed by atoms with Crippen LogP contribution in [0.3, 0.4) is 0 Å². The summed E-state index contributed by atoms with van der Waals surface area (Å²) in [5.41, 5.74) is 4.57. The number of H-pyrrole nitrogens is 1. The summed E-state index contributed by atoms with van der Waals surface area (Å²) in [6.07, 6.45) is 4.03. The molecule has 1 aliphatic heterocycles. The fraction of sp³-hybridized carbons (Fsp3) is 0.323. The number of nitrogens with one attached hydrogen (secondary N) is 1. The normalized spacial score (nSPS) is 23.5. The quantitative estimate of drug-likeness (QED) is 0.293. The summed E-state index contributed by atoms with van der Waals surface area (Å²) >= 11 is 3.61. The lowest BCUT2D eigenvalue weighted by molar-refractivity contribution is -0.0143. The second-order valence-corrected chi connectivity index (χ2v) is 11.5. The van der Waals surface area contributed by atoms with Gasteiger partial charge in [0, 0.05) is 33.2 Å². The SMILES string of the molecule is CN(C)C1(c2cccc(F)c2)CCC2(CC1)c1[nH]c3ccccc3c1CCN2C(=O)c1ccccc1Br. The second kappa shape index (κ2) is 9.10. The molecule has 0 atom stereocenters. The Bertz CT molecular complexity index is 1480. The number of aromatic nitrogens is 1. The smallest absolute Gasteiger partial charge is 0.255 e. The fourth-order valence-electron chi connectivity index (χ4n) is 6.87. The molecule has 190 valence electrons. The predicted octanol–water partition coefficient (Wildman–Crippen LogP) is 6.99. The lowest BCUT2D eigenvalue weighted by atomic mass is 9.65. The van der Waals surface area contributed by atoms with E-state index in [-0.39, 0.29) is 17.3 Å². The molecular formula is C31H31BrFN3O. The number of benzene rings is 3. The first-order valence-electron chi connectivity index (χ1n) is 13.0. The van der Waals surface area contributed by atoms with Crippen molar-refractivity contribution in [1.82, 2.24) is 14.8 Å². The summed E-state index contributed by atoms with van der Waals surface area (Å²) in [6, 6.07) is 23.2. The molecule has 0 saturated heterocycles. The van der Waals surface area contributed by atoms with Crippen molar-refractivity contribution in [2.75, 3.05) is 20.6 Å². The Kier molecular flexibility index (Phi) is 6.00. The zero-order chi connectivity index (χ0) is 25.8. The van der Waals surface area contributed by atoms with Gasteiger partial charge in [0.1, 0.15) is 5.82 Å². The number of halogens is 2. The van der Waals surface area contributed by atoms with Crippen LogP contribution in [0.4, 0.5) is 4.39 Å². The summed E-state index contributed by atoms with van der Waals surface area (Å²) < 4.78 is 15.1. The number of nitrogens with zero attached hydrogens (tertiary/aromatic N) is 2. The van der Waals surface area contributed by atoms with E-state index < -0.39 is 5.54 Å². The molecule has 1 fully saturated rings. The number of rotatable bonds is 3. The van der Waals surface area contributed by atoms with E-state index in [1.165, 1.54) is 22.7 Å². The van der Waals surface area contributed by atoms with Gasteiger partial charge in [-0.1, -0.05) is 42.5 Å². The van der Waals surface area contributed by atoms with Gasteiger partial charge in [0.05, 0.1) is 11.1 Å². The Hall–Kier alpha value is -2.96. The monoisotopic (exact) mass is 559 g/mol. The Morgan fingerprint density at radius 1 is 0.973 bits per heavy atom. The molecule has 4 aromatic rings. The molecule has 6 heteroatoms. The van der Waals surface area contributed by atoms with Crippen LogP contribution in [0.2, 0.25) is 0 Å². The van der Waals surface area contributed by atoms with Crippen molar-refractivity contribution in [2.45, 2.75) is 43.2 Å². The number of carbonyl (C=O) groups is 1. The van der Waals surface area contributed by atoms with E-state index in [2.05, 4.69) is 69.1 Å². The number of hydrogen-bond donors (Lipinski definition) is 1. The van der Waals surface area contributed by atoms with E-state index in [1.54, 1.807) is 12.1 Å². The van der Waals surface area contributed by atoms with Crippen LogP contribution in [0.5, 0.6) is 0 Å². The maximum atomic E-state index is 14.3. The lowest BCUT2D eigenvalue weighted by Crippen LogP contribution is -2.58. The highest BCUT2D eigenvalue weighted by molar-refractivity contribution is 9.10. The third-order valence-corrected chi connectivity index (χ3v) is 9.54. The second-order valence-electron chi connectivity index (χ2n) is 10.7. The van der Waals surface area contributed by atoms with Crippen molar-refractivity contribution in [3.05, 3.63) is 105 Å². The first-order chi connectivity index (χ1) is 17.9. The minimum atomic E-state index is -0.453. The summed E-state index contributed by atoms with van der Waals surface area (Å²) in [5.74, 6) is -0.153. The highest BCUT2D eigenvalue weighted by atomic mass is 79.9. The Morgan fingerprint density at radius 2 is 1.70 bits per heavy atom. The molecule has 2 aliphatic rings. The third kappa shape index (κ3) is 3.76. The summed E-state index contributed by atoms with van der Waals surface area (Å²) in [7, 11) is 4.17. The van der Waals surface area contributed by atoms with Crippen molar-refractivity contribution in [3.8, 4) is 0 Å². The molecule has 6 rings (SSSR count). The van der Waals surface area contributed by atoms with Crippen molar-refractivity contribution < 1.29 is 9.18 Å². The van der Waals surface area contributed by atoms with Crippen LogP contribution < -0.4 is 0 Å². The minimum Gasteiger partial charge on any atom is -0.356 e. The van der Waals surface area contributed by atoms with Gasteiger partial charge in [-0.25, -0.2) is 4.39 Å². The molecule has 4 nitrogen and oxygen atoms in total. The maximum Gasteiger partial charge on any atom is 0.255 e. The van der Waals surface area contributed by atoms with Gasteiger partial charge >= 0.3 is 0 Å². The first kappa shape index (κ1) is 24.4. The van der Waals surface area contributed by atoms with Crippen molar-refractivity contribution in [3.63, 3.8) is 0 Å². The van der Waals surface area contributed by atoms with E-state index in [9.17, 15) is 9.18 Å². The van der Waals surface area contributed by atoms with Gasteiger partial charge in [0.2, 0.25) is 0 Å². The average molecular weight is 561 g/mol. The Balaban J connectivity index is 1.48. The highest BCUT2D eigenvalue weighted by Gasteiger charge is 2.53. The molecule has 0 radical (unpaired) electrons. The van der Waals surface area contributed by atoms with Gasteiger partial charge in [0.15, 0.2) is 0 Å². The molecule has 37 heavy (non-hydrogen) atoms. The largest absolute Gasteiger partial charge is 0.356 e. The van der Waals surface area contributed by atoms with Crippen LogP contribution in [-0.2, 0) is 17.5 Å². The van der Waals surface area contributed by atoms with Gasteiger partial charge in [-0.2, -0.15) is 0 Å². The zero-order valence-electron chi connectivity index (χ0n) is 21.2. The van der Waals surface area contributed by atoms with Crippen molar-refractivity contribution in [2.24, 2.45) is 0 Å². The zero-order valence-corrected chi connectivity index (χ0v) is 22.8. The molecule has 1 amide bonds. The molecule has 1 saturated carbocycles. The van der Waals surface area contributed by atoms with E-state index in [1.807, 2.05) is 30.3 Å². The standard InChI is InChI=1S/C31H31BrFN3O/c1-35(2)30(21-8-7-9-22(33)20-21)15-17-31(18-16-30)28-24(23-10-4-6-13-27(23)34-28)14-19-36(31)29(37)25-11-3-5-12-26(25)32/h3-13,20,34H,14-19H2,1-2H3. The van der Waals surface area contributed by atoms with E-state index in [4.69, 9.17) is 0 Å². The fourth-order valence-corrected chi connectivity index (χ4v) is 7.33. The van der Waals surface area contributed by atoms with Gasteiger partial charge in [-0.15, -0.1) is 0 Å². The van der Waals surface area contributed by atoms with Gasteiger partial charge < -0.3 is 9.88 Å². The van der Waals surface area contributed by atoms with Crippen molar-refractivity contribution >= 4 is 32.7 Å². The Labute approximate surface area is 225 Å². The van der Waals surface area contributed by atoms with Crippen LogP contribution in [-0.4, -0.2) is 41.3 Å². The van der Waals surface area contributed by atoms with Gasteiger partial charge in [-0.3, -0.25) is 9.69 Å². The molecule has 0 unspecified atom stereocenters. The number of fused-ring (bicyclic) bond motifs is 4. The molecular weight excluding hydrogens is 529 g/mol. The van der Waals surface area contributed by atoms with E-state index in [0.717, 1.165) is 47.7 Å². The summed E-state index contributed by atoms with van der Waals surface area (Å²) in [4.78, 5) is 22.3. The van der Waals surface area contributed by atoms with E-state index in [0.29, 0.717) is 12.1 Å². The van der Waals surface area contributed by atoms with Crippen molar-refractivity contribution in [1.29, 1.82) is 0 Å². The Morgan fingerprint density at radius 3 is 2.43 bits per heavy atom. The van der Waals surface area contributed by atoms with Crippen LogP contribution in [0.15, 0.2) is 77.3 Å². The van der Waals surface area contributed by atoms with Gasteiger partial charge in [-0.05, 0) is 104 Å². The van der Waals surface area contributed by atoms with Crippen LogP contribution in [0.25, 0.3) is 10.9 Å². The molecule has 2 heterocycles. The van der Waals surface area contributed by atoms with Crippen LogP contribution in [0, 0.1) is 5.82 Å². The topological polar surface area (TPSA) is 39.3 Å². The molecule has 3 aromatic carbocycles. The molecule has 1 spiro atoms. The number of para-hydroxylation sites is 1. The van der Waals surface area contributed by atoms with Crippen LogP contribution >= 0.6 is 15.9 Å². The predicted molar refractivity (Wildman–Crippen MR) is 149 cm³/mol. The number of carbonyl (C=O) groups excluding carboxylic acids is 1. The molecule has 1 aliphatic carbocycles. The average Bonchev–Trinajstić information content (AvgIpc) is 3.29. The molecule has 1 aromatic heterocycles. The van der Waals surface area contributed by atoms with E-state index >= 15 is 0 Å². The minimum absolute atomic E-state index is 0.0555. The maximum absolute atomic E-state index is 14.3. The molecule has 1 N–H and O–H groups in total.